The van der Waals surface area contributed by atoms with Crippen molar-refractivity contribution in [1.29, 1.82) is 0 Å². The minimum Gasteiger partial charge on any atom is -0.396 e. The molecule has 0 unspecified atom stereocenters. The number of anilines is 1. The van der Waals surface area contributed by atoms with Crippen molar-refractivity contribution in [2.24, 2.45) is 0 Å². The molecule has 0 aromatic carbocycles. The van der Waals surface area contributed by atoms with Crippen LogP contribution in [0.1, 0.15) is 25.0 Å². The van der Waals surface area contributed by atoms with Crippen molar-refractivity contribution < 1.29 is 18.3 Å². The van der Waals surface area contributed by atoms with E-state index in [0.717, 1.165) is 25.1 Å². The van der Waals surface area contributed by atoms with E-state index in [1.54, 1.807) is 11.9 Å². The zero-order valence-corrected chi connectivity index (χ0v) is 10.1. The van der Waals surface area contributed by atoms with Crippen LogP contribution in [-0.2, 0) is 6.18 Å². The van der Waals surface area contributed by atoms with E-state index in [2.05, 4.69) is 9.97 Å². The molecule has 7 heteroatoms. The molecule has 0 amide bonds. The third kappa shape index (κ3) is 4.48. The van der Waals surface area contributed by atoms with Crippen LogP contribution in [0.4, 0.5) is 19.1 Å². The molecule has 1 aromatic heterocycles. The Morgan fingerprint density at radius 3 is 2.61 bits per heavy atom. The van der Waals surface area contributed by atoms with Gasteiger partial charge in [-0.15, -0.1) is 0 Å². The first-order valence-corrected chi connectivity index (χ1v) is 5.67. The summed E-state index contributed by atoms with van der Waals surface area (Å²) in [6.07, 6.45) is -1.06. The molecule has 1 N–H and O–H groups in total. The molecule has 4 nitrogen and oxygen atoms in total. The second-order valence-corrected chi connectivity index (χ2v) is 3.95. The Kier molecular flexibility index (Phi) is 5.33. The molecule has 0 radical (unpaired) electrons. The number of rotatable bonds is 6. The first kappa shape index (κ1) is 14.7. The standard InChI is InChI=1S/C11H16F3N3O/c1-17(7-3-2-4-8-18)10-15-6-5-9(16-10)11(12,13)14/h5-6,18H,2-4,7-8H2,1H3. The highest BCUT2D eigenvalue weighted by molar-refractivity contribution is 5.29. The number of hydrogen-bond acceptors (Lipinski definition) is 4. The maximum Gasteiger partial charge on any atom is 0.433 e. The fourth-order valence-electron chi connectivity index (χ4n) is 1.43. The Morgan fingerprint density at radius 1 is 1.28 bits per heavy atom. The molecule has 1 heterocycles. The van der Waals surface area contributed by atoms with E-state index in [-0.39, 0.29) is 12.6 Å². The average Bonchev–Trinajstić information content (AvgIpc) is 2.33. The van der Waals surface area contributed by atoms with E-state index in [1.807, 2.05) is 0 Å². The Hall–Kier alpha value is -1.37. The second kappa shape index (κ2) is 6.53. The molecular weight excluding hydrogens is 247 g/mol. The molecule has 1 rings (SSSR count). The summed E-state index contributed by atoms with van der Waals surface area (Å²) < 4.78 is 37.3. The van der Waals surface area contributed by atoms with Gasteiger partial charge in [0.15, 0.2) is 0 Å². The zero-order valence-electron chi connectivity index (χ0n) is 10.1. The predicted molar refractivity (Wildman–Crippen MR) is 61.2 cm³/mol. The van der Waals surface area contributed by atoms with Gasteiger partial charge in [-0.05, 0) is 25.3 Å². The van der Waals surface area contributed by atoms with E-state index in [1.165, 1.54) is 0 Å². The number of aliphatic hydroxyl groups is 1. The molecule has 0 aliphatic heterocycles. The van der Waals surface area contributed by atoms with Gasteiger partial charge in [0.2, 0.25) is 5.95 Å². The average molecular weight is 263 g/mol. The van der Waals surface area contributed by atoms with Crippen LogP contribution >= 0.6 is 0 Å². The molecule has 0 spiro atoms. The summed E-state index contributed by atoms with van der Waals surface area (Å²) in [5.41, 5.74) is -0.935. The van der Waals surface area contributed by atoms with Crippen molar-refractivity contribution in [3.63, 3.8) is 0 Å². The molecule has 18 heavy (non-hydrogen) atoms. The largest absolute Gasteiger partial charge is 0.433 e. The van der Waals surface area contributed by atoms with Gasteiger partial charge in [0.05, 0.1) is 0 Å². The van der Waals surface area contributed by atoms with Crippen LogP contribution in [-0.4, -0.2) is 35.3 Å². The topological polar surface area (TPSA) is 49.2 Å². The molecule has 0 fully saturated rings. The molecule has 0 saturated heterocycles. The fourth-order valence-corrected chi connectivity index (χ4v) is 1.43. The first-order valence-electron chi connectivity index (χ1n) is 5.67. The molecular formula is C11H16F3N3O. The van der Waals surface area contributed by atoms with E-state index in [4.69, 9.17) is 5.11 Å². The third-order valence-electron chi connectivity index (χ3n) is 2.43. The van der Waals surface area contributed by atoms with Gasteiger partial charge in [-0.2, -0.15) is 13.2 Å². The molecule has 1 aromatic rings. The van der Waals surface area contributed by atoms with Crippen LogP contribution in [0.5, 0.6) is 0 Å². The van der Waals surface area contributed by atoms with Gasteiger partial charge in [-0.3, -0.25) is 0 Å². The van der Waals surface area contributed by atoms with E-state index < -0.39 is 11.9 Å². The number of unbranched alkanes of at least 4 members (excludes halogenated alkanes) is 2. The lowest BCUT2D eigenvalue weighted by molar-refractivity contribution is -0.141. The molecule has 0 atom stereocenters. The summed E-state index contributed by atoms with van der Waals surface area (Å²) >= 11 is 0. The summed E-state index contributed by atoms with van der Waals surface area (Å²) in [6.45, 7) is 0.686. The van der Waals surface area contributed by atoms with Crippen LogP contribution in [0.25, 0.3) is 0 Å². The van der Waals surface area contributed by atoms with Crippen molar-refractivity contribution in [3.05, 3.63) is 18.0 Å². The van der Waals surface area contributed by atoms with Gasteiger partial charge >= 0.3 is 6.18 Å². The highest BCUT2D eigenvalue weighted by Crippen LogP contribution is 2.27. The van der Waals surface area contributed by atoms with Crippen LogP contribution in [0.3, 0.4) is 0 Å². The van der Waals surface area contributed by atoms with Gasteiger partial charge in [0.1, 0.15) is 5.69 Å². The van der Waals surface area contributed by atoms with Gasteiger partial charge in [0.25, 0.3) is 0 Å². The van der Waals surface area contributed by atoms with E-state index >= 15 is 0 Å². The Balaban J connectivity index is 2.60. The smallest absolute Gasteiger partial charge is 0.396 e. The quantitative estimate of drug-likeness (QED) is 0.798. The van der Waals surface area contributed by atoms with Crippen molar-refractivity contribution in [1.82, 2.24) is 9.97 Å². The molecule has 0 aliphatic carbocycles. The number of halogens is 3. The number of aromatic nitrogens is 2. The molecule has 102 valence electrons. The zero-order chi connectivity index (χ0) is 13.6. The normalized spacial score (nSPS) is 11.6. The Labute approximate surface area is 103 Å². The number of hydrogen-bond donors (Lipinski definition) is 1. The van der Waals surface area contributed by atoms with Crippen LogP contribution in [0, 0.1) is 0 Å². The lowest BCUT2D eigenvalue weighted by Crippen LogP contribution is -2.22. The van der Waals surface area contributed by atoms with Crippen molar-refractivity contribution in [2.75, 3.05) is 25.1 Å². The number of alkyl halides is 3. The van der Waals surface area contributed by atoms with Gasteiger partial charge in [-0.1, -0.05) is 0 Å². The minimum absolute atomic E-state index is 0.0637. The predicted octanol–water partition coefficient (Wildman–Crippen LogP) is 2.09. The van der Waals surface area contributed by atoms with Crippen LogP contribution in [0.2, 0.25) is 0 Å². The second-order valence-electron chi connectivity index (χ2n) is 3.95. The van der Waals surface area contributed by atoms with Gasteiger partial charge in [0, 0.05) is 26.4 Å². The third-order valence-corrected chi connectivity index (χ3v) is 2.43. The number of aliphatic hydroxyl groups excluding tert-OH is 1. The maximum absolute atomic E-state index is 12.4. The van der Waals surface area contributed by atoms with Crippen molar-refractivity contribution >= 4 is 5.95 Å². The van der Waals surface area contributed by atoms with E-state index in [0.29, 0.717) is 13.0 Å². The summed E-state index contributed by atoms with van der Waals surface area (Å²) in [4.78, 5) is 8.88. The first-order chi connectivity index (χ1) is 8.45. The molecule has 0 bridgehead atoms. The van der Waals surface area contributed by atoms with Gasteiger partial charge in [-0.25, -0.2) is 9.97 Å². The van der Waals surface area contributed by atoms with Crippen LogP contribution < -0.4 is 4.90 Å². The minimum atomic E-state index is -4.45. The SMILES string of the molecule is CN(CCCCCO)c1nccc(C(F)(F)F)n1. The lowest BCUT2D eigenvalue weighted by atomic mass is 10.2. The fraction of sp³-hybridized carbons (Fsp3) is 0.636. The summed E-state index contributed by atoms with van der Waals surface area (Å²) in [5, 5.41) is 8.61. The Bertz CT molecular complexity index is 371. The van der Waals surface area contributed by atoms with Gasteiger partial charge < -0.3 is 10.0 Å². The lowest BCUT2D eigenvalue weighted by Gasteiger charge is -2.17. The molecule has 0 saturated carbocycles. The Morgan fingerprint density at radius 2 is 2.00 bits per heavy atom. The van der Waals surface area contributed by atoms with Crippen LogP contribution in [0.15, 0.2) is 12.3 Å². The summed E-state index contributed by atoms with van der Waals surface area (Å²) in [6, 6.07) is 0.850. The monoisotopic (exact) mass is 263 g/mol. The number of nitrogens with zero attached hydrogens (tertiary/aromatic N) is 3. The van der Waals surface area contributed by atoms with Crippen molar-refractivity contribution in [2.45, 2.75) is 25.4 Å². The maximum atomic E-state index is 12.4. The summed E-state index contributed by atoms with van der Waals surface area (Å²) in [7, 11) is 1.65. The van der Waals surface area contributed by atoms with Crippen molar-refractivity contribution in [3.8, 4) is 0 Å². The highest BCUT2D eigenvalue weighted by atomic mass is 19.4. The summed E-state index contributed by atoms with van der Waals surface area (Å²) in [5.74, 6) is 0.0637. The molecule has 0 aliphatic rings. The van der Waals surface area contributed by atoms with E-state index in [9.17, 15) is 13.2 Å². The highest BCUT2D eigenvalue weighted by Gasteiger charge is 2.33.